The van der Waals surface area contributed by atoms with Gasteiger partial charge in [0.05, 0.1) is 18.1 Å². The highest BCUT2D eigenvalue weighted by atomic mass is 16.5. The molecule has 3 rings (SSSR count). The van der Waals surface area contributed by atoms with E-state index in [-0.39, 0.29) is 18.1 Å². The maximum absolute atomic E-state index is 12.4. The van der Waals surface area contributed by atoms with Crippen LogP contribution in [-0.4, -0.2) is 60.3 Å². The number of carbonyl (C=O) groups is 2. The summed E-state index contributed by atoms with van der Waals surface area (Å²) in [6, 6.07) is 0.149. The molecule has 0 saturated carbocycles. The number of rotatable bonds is 3. The van der Waals surface area contributed by atoms with Crippen molar-refractivity contribution in [3.63, 3.8) is 0 Å². The Morgan fingerprint density at radius 2 is 1.80 bits per heavy atom. The van der Waals surface area contributed by atoms with E-state index in [2.05, 4.69) is 17.3 Å². The summed E-state index contributed by atoms with van der Waals surface area (Å²) in [6.45, 7) is 1.92. The van der Waals surface area contributed by atoms with Crippen molar-refractivity contribution in [1.82, 2.24) is 10.2 Å². The first-order valence-electron chi connectivity index (χ1n) is 7.12. The first-order valence-corrected chi connectivity index (χ1v) is 7.12. The van der Waals surface area contributed by atoms with Gasteiger partial charge in [0.15, 0.2) is 0 Å². The van der Waals surface area contributed by atoms with Crippen LogP contribution in [0.1, 0.15) is 12.8 Å². The topological polar surface area (TPSA) is 78.9 Å². The molecule has 0 spiro atoms. The van der Waals surface area contributed by atoms with Crippen LogP contribution in [0, 0.1) is 11.8 Å². The molecular weight excluding hydrogens is 260 g/mol. The number of hydrogen-bond acceptors (Lipinski definition) is 4. The number of carboxylic acids is 1. The monoisotopic (exact) mass is 280 g/mol. The van der Waals surface area contributed by atoms with Gasteiger partial charge in [-0.3, -0.25) is 9.59 Å². The highest BCUT2D eigenvalue weighted by Crippen LogP contribution is 2.39. The number of nitrogens with one attached hydrogen (secondary N) is 1. The number of carbonyl (C=O) groups excluding carboxylic acids is 1. The van der Waals surface area contributed by atoms with E-state index in [4.69, 9.17) is 4.74 Å². The number of nitrogens with zero attached hydrogens (tertiary/aromatic N) is 1. The van der Waals surface area contributed by atoms with E-state index >= 15 is 0 Å². The minimum atomic E-state index is -0.953. The highest BCUT2D eigenvalue weighted by Gasteiger charge is 2.53. The average Bonchev–Trinajstić information content (AvgIpc) is 3.01. The van der Waals surface area contributed by atoms with Crippen LogP contribution >= 0.6 is 0 Å². The molecule has 0 unspecified atom stereocenters. The van der Waals surface area contributed by atoms with Crippen LogP contribution in [0.3, 0.4) is 0 Å². The lowest BCUT2D eigenvalue weighted by Crippen LogP contribution is -2.49. The van der Waals surface area contributed by atoms with E-state index in [1.807, 2.05) is 6.08 Å². The van der Waals surface area contributed by atoms with Gasteiger partial charge in [-0.15, -0.1) is 0 Å². The van der Waals surface area contributed by atoms with Gasteiger partial charge in [-0.25, -0.2) is 0 Å². The van der Waals surface area contributed by atoms with Crippen molar-refractivity contribution in [2.24, 2.45) is 11.8 Å². The maximum Gasteiger partial charge on any atom is 0.310 e. The molecule has 0 aromatic rings. The van der Waals surface area contributed by atoms with E-state index in [1.165, 1.54) is 0 Å². The Balaban J connectivity index is 1.64. The highest BCUT2D eigenvalue weighted by molar-refractivity contribution is 5.87. The predicted octanol–water partition coefficient (Wildman–Crippen LogP) is -0.149. The summed E-state index contributed by atoms with van der Waals surface area (Å²) in [4.78, 5) is 26.0. The minimum absolute atomic E-state index is 0.149. The Hall–Kier alpha value is -1.40. The second-order valence-electron chi connectivity index (χ2n) is 5.93. The second kappa shape index (κ2) is 5.18. The molecule has 4 atom stereocenters. The van der Waals surface area contributed by atoms with Crippen LogP contribution in [0.5, 0.6) is 0 Å². The molecule has 2 fully saturated rings. The molecule has 2 saturated heterocycles. The summed E-state index contributed by atoms with van der Waals surface area (Å²) in [5.74, 6) is -2.48. The fourth-order valence-corrected chi connectivity index (χ4v) is 3.37. The number of carboxylic acid groups (broad SMARTS) is 1. The van der Waals surface area contributed by atoms with E-state index in [0.717, 1.165) is 25.9 Å². The van der Waals surface area contributed by atoms with Crippen molar-refractivity contribution in [2.45, 2.75) is 31.1 Å². The summed E-state index contributed by atoms with van der Waals surface area (Å²) in [5, 5.41) is 12.3. The first-order chi connectivity index (χ1) is 9.56. The molecule has 3 aliphatic rings. The summed E-state index contributed by atoms with van der Waals surface area (Å²) in [5.41, 5.74) is 0. The van der Waals surface area contributed by atoms with E-state index in [9.17, 15) is 14.7 Å². The Kier molecular flexibility index (Phi) is 3.52. The van der Waals surface area contributed by atoms with E-state index in [0.29, 0.717) is 0 Å². The second-order valence-corrected chi connectivity index (χ2v) is 5.93. The van der Waals surface area contributed by atoms with Gasteiger partial charge in [0, 0.05) is 6.04 Å². The van der Waals surface area contributed by atoms with Crippen molar-refractivity contribution < 1.29 is 19.4 Å². The van der Waals surface area contributed by atoms with Crippen molar-refractivity contribution in [3.05, 3.63) is 12.2 Å². The van der Waals surface area contributed by atoms with Gasteiger partial charge < -0.3 is 20.1 Å². The Labute approximate surface area is 117 Å². The number of likely N-dealkylation sites (tertiary alicyclic amines) is 1. The molecule has 20 heavy (non-hydrogen) atoms. The Morgan fingerprint density at radius 1 is 1.20 bits per heavy atom. The maximum atomic E-state index is 12.4. The molecule has 3 aliphatic heterocycles. The molecule has 0 aromatic heterocycles. The molecule has 1 amide bonds. The summed E-state index contributed by atoms with van der Waals surface area (Å²) in [7, 11) is 2.06. The predicted molar refractivity (Wildman–Crippen MR) is 71.1 cm³/mol. The van der Waals surface area contributed by atoms with Crippen LogP contribution in [0.15, 0.2) is 12.2 Å². The number of fused-ring (bicyclic) bond motifs is 2. The molecule has 6 nitrogen and oxygen atoms in total. The number of ether oxygens (including phenoxy) is 1. The minimum Gasteiger partial charge on any atom is -0.481 e. The van der Waals surface area contributed by atoms with E-state index in [1.54, 1.807) is 6.08 Å². The van der Waals surface area contributed by atoms with Gasteiger partial charge in [-0.1, -0.05) is 12.2 Å². The number of aliphatic carboxylic acids is 1. The molecule has 0 radical (unpaired) electrons. The van der Waals surface area contributed by atoms with Crippen LogP contribution < -0.4 is 5.32 Å². The molecule has 3 heterocycles. The SMILES string of the molecule is CN1CCC(NC(=O)[C@H]2[C@@H](C(=O)O)[C@@H]3C=C[C@@H]2O3)CC1. The summed E-state index contributed by atoms with van der Waals surface area (Å²) >= 11 is 0. The molecule has 2 N–H and O–H groups in total. The lowest BCUT2D eigenvalue weighted by atomic mass is 9.82. The quantitative estimate of drug-likeness (QED) is 0.703. The third kappa shape index (κ3) is 2.33. The summed E-state index contributed by atoms with van der Waals surface area (Å²) in [6.07, 6.45) is 4.55. The van der Waals surface area contributed by atoms with Crippen LogP contribution in [0.2, 0.25) is 0 Å². The van der Waals surface area contributed by atoms with Crippen LogP contribution in [-0.2, 0) is 14.3 Å². The normalized spacial score (nSPS) is 37.2. The number of hydrogen-bond donors (Lipinski definition) is 2. The zero-order valence-corrected chi connectivity index (χ0v) is 11.5. The summed E-state index contributed by atoms with van der Waals surface area (Å²) < 4.78 is 5.53. The van der Waals surface area contributed by atoms with Gasteiger partial charge in [0.2, 0.25) is 5.91 Å². The first kappa shape index (κ1) is 13.6. The molecule has 2 bridgehead atoms. The molecule has 0 aromatic carbocycles. The van der Waals surface area contributed by atoms with E-state index < -0.39 is 23.9 Å². The average molecular weight is 280 g/mol. The fourth-order valence-electron chi connectivity index (χ4n) is 3.37. The molecule has 110 valence electrons. The van der Waals surface area contributed by atoms with Crippen LogP contribution in [0.4, 0.5) is 0 Å². The fraction of sp³-hybridized carbons (Fsp3) is 0.714. The van der Waals surface area contributed by atoms with Crippen molar-refractivity contribution in [1.29, 1.82) is 0 Å². The van der Waals surface area contributed by atoms with Gasteiger partial charge >= 0.3 is 5.97 Å². The van der Waals surface area contributed by atoms with Gasteiger partial charge in [0.1, 0.15) is 5.92 Å². The molecular formula is C14H20N2O4. The number of amides is 1. The zero-order chi connectivity index (χ0) is 14.3. The van der Waals surface area contributed by atoms with Crippen molar-refractivity contribution in [2.75, 3.05) is 20.1 Å². The Bertz CT molecular complexity index is 442. The lowest BCUT2D eigenvalue weighted by molar-refractivity contribution is -0.146. The third-order valence-electron chi connectivity index (χ3n) is 4.55. The largest absolute Gasteiger partial charge is 0.481 e. The molecule has 0 aliphatic carbocycles. The Morgan fingerprint density at radius 3 is 2.40 bits per heavy atom. The van der Waals surface area contributed by atoms with Gasteiger partial charge in [0.25, 0.3) is 0 Å². The lowest BCUT2D eigenvalue weighted by Gasteiger charge is -2.31. The van der Waals surface area contributed by atoms with Gasteiger partial charge in [-0.2, -0.15) is 0 Å². The van der Waals surface area contributed by atoms with Crippen molar-refractivity contribution in [3.8, 4) is 0 Å². The zero-order valence-electron chi connectivity index (χ0n) is 11.5. The van der Waals surface area contributed by atoms with Crippen LogP contribution in [0.25, 0.3) is 0 Å². The number of piperidine rings is 1. The van der Waals surface area contributed by atoms with Gasteiger partial charge in [-0.05, 0) is 33.0 Å². The molecule has 6 heteroatoms. The van der Waals surface area contributed by atoms with Crippen molar-refractivity contribution >= 4 is 11.9 Å². The third-order valence-corrected chi connectivity index (χ3v) is 4.55. The smallest absolute Gasteiger partial charge is 0.310 e. The standard InChI is InChI=1S/C14H20N2O4/c1-16-6-4-8(5-7-16)15-13(17)11-9-2-3-10(20-9)12(11)14(18)19/h2-3,8-12H,4-7H2,1H3,(H,15,17)(H,18,19)/t9-,10-,11+,12-/m0/s1.